The summed E-state index contributed by atoms with van der Waals surface area (Å²) >= 11 is 6.18. The van der Waals surface area contributed by atoms with Gasteiger partial charge in [-0.1, -0.05) is 30.3 Å². The van der Waals surface area contributed by atoms with Crippen LogP contribution in [-0.2, 0) is 6.42 Å². The van der Waals surface area contributed by atoms with E-state index in [9.17, 15) is 25.0 Å². The molecular weight excluding hydrogens is 376 g/mol. The minimum atomic E-state index is -2.73. The number of fused-ring (bicyclic) bond motifs is 1. The van der Waals surface area contributed by atoms with Gasteiger partial charge in [-0.15, -0.1) is 6.58 Å². The average molecular weight is 389 g/mol. The molecule has 0 fully saturated rings. The largest absolute Gasteiger partial charge is 0.475 e. The highest BCUT2D eigenvalue weighted by Gasteiger charge is 2.63. The lowest BCUT2D eigenvalue weighted by molar-refractivity contribution is -0.536. The fourth-order valence-corrected chi connectivity index (χ4v) is 3.31. The van der Waals surface area contributed by atoms with E-state index in [4.69, 9.17) is 16.3 Å². The number of allylic oxidation sites excluding steroid dienone is 1. The third-order valence-corrected chi connectivity index (χ3v) is 4.80. The van der Waals surface area contributed by atoms with Crippen molar-refractivity contribution in [2.45, 2.75) is 17.5 Å². The summed E-state index contributed by atoms with van der Waals surface area (Å²) in [6.07, 6.45) is 0.245. The van der Waals surface area contributed by atoms with Crippen LogP contribution in [0.1, 0.15) is 27.6 Å². The maximum Gasteiger partial charge on any atom is 0.397 e. The normalized spacial score (nSPS) is 21.1. The molecule has 8 nitrogen and oxygen atoms in total. The first kappa shape index (κ1) is 18.5. The number of nitrogens with zero attached hydrogens (tertiary/aromatic N) is 2. The average Bonchev–Trinajstić information content (AvgIpc) is 2.65. The number of rotatable bonds is 5. The first-order chi connectivity index (χ1) is 12.8. The van der Waals surface area contributed by atoms with Gasteiger partial charge in [-0.05, 0) is 35.7 Å². The molecule has 27 heavy (non-hydrogen) atoms. The molecule has 138 valence electrons. The Kier molecular flexibility index (Phi) is 4.67. The minimum Gasteiger partial charge on any atom is -0.475 e. The number of para-hydroxylation sites is 2. The lowest BCUT2D eigenvalue weighted by Gasteiger charge is -2.33. The Morgan fingerprint density at radius 2 is 1.89 bits per heavy atom. The molecule has 0 N–H and O–H groups in total. The Balaban J connectivity index is 2.28. The Bertz CT molecular complexity index is 976. The first-order valence-electron chi connectivity index (χ1n) is 7.83. The van der Waals surface area contributed by atoms with Crippen LogP contribution < -0.4 is 4.74 Å². The van der Waals surface area contributed by atoms with Gasteiger partial charge in [0.25, 0.3) is 11.5 Å². The first-order valence-corrected chi connectivity index (χ1v) is 8.21. The molecule has 0 saturated heterocycles. The molecule has 0 saturated carbocycles. The van der Waals surface area contributed by atoms with Gasteiger partial charge in [0.15, 0.2) is 0 Å². The van der Waals surface area contributed by atoms with Crippen LogP contribution in [0, 0.1) is 20.2 Å². The van der Waals surface area contributed by atoms with Crippen molar-refractivity contribution >= 4 is 23.1 Å². The van der Waals surface area contributed by atoms with Gasteiger partial charge in [0.1, 0.15) is 5.75 Å². The second-order valence-electron chi connectivity index (χ2n) is 5.86. The van der Waals surface area contributed by atoms with Crippen LogP contribution in [-0.4, -0.2) is 20.6 Å². The van der Waals surface area contributed by atoms with Gasteiger partial charge in [-0.25, -0.2) is 0 Å². The van der Waals surface area contributed by atoms with E-state index in [0.717, 1.165) is 0 Å². The summed E-state index contributed by atoms with van der Waals surface area (Å²) in [5.74, 6) is -0.867. The maximum atomic E-state index is 13.0. The lowest BCUT2D eigenvalue weighted by Crippen LogP contribution is -2.51. The summed E-state index contributed by atoms with van der Waals surface area (Å²) in [6.45, 7) is 3.63. The smallest absolute Gasteiger partial charge is 0.397 e. The SMILES string of the molecule is C=CCc1cccc2c1O[C@@H](c1ccccc1[N+](=O)[O-])[C@](Cl)([N+](=O)[O-])C2=O. The van der Waals surface area contributed by atoms with E-state index >= 15 is 0 Å². The highest BCUT2D eigenvalue weighted by Crippen LogP contribution is 2.48. The van der Waals surface area contributed by atoms with Crippen LogP contribution in [0.15, 0.2) is 55.1 Å². The Labute approximate surface area is 158 Å². The summed E-state index contributed by atoms with van der Waals surface area (Å²) in [4.78, 5) is 31.7. The number of ether oxygens (including phenoxy) is 1. The number of halogens is 1. The molecule has 0 spiro atoms. The number of nitro groups is 2. The van der Waals surface area contributed by atoms with E-state index < -0.39 is 32.4 Å². The van der Waals surface area contributed by atoms with Crippen molar-refractivity contribution < 1.29 is 19.4 Å². The fourth-order valence-electron chi connectivity index (χ4n) is 3.05. The molecule has 0 bridgehead atoms. The van der Waals surface area contributed by atoms with E-state index in [1.807, 2.05) is 0 Å². The molecule has 0 aromatic heterocycles. The second-order valence-corrected chi connectivity index (χ2v) is 6.44. The maximum absolute atomic E-state index is 13.0. The molecule has 1 aliphatic rings. The van der Waals surface area contributed by atoms with Gasteiger partial charge < -0.3 is 4.74 Å². The van der Waals surface area contributed by atoms with Crippen LogP contribution >= 0.6 is 11.6 Å². The van der Waals surface area contributed by atoms with Gasteiger partial charge in [-0.3, -0.25) is 25.0 Å². The summed E-state index contributed by atoms with van der Waals surface area (Å²) in [5, 5.41) is 23.1. The fraction of sp³-hybridized carbons (Fsp3) is 0.167. The molecule has 2 aromatic carbocycles. The second kappa shape index (κ2) is 6.81. The predicted molar refractivity (Wildman–Crippen MR) is 96.7 cm³/mol. The van der Waals surface area contributed by atoms with Crippen LogP contribution in [0.3, 0.4) is 0 Å². The number of benzene rings is 2. The summed E-state index contributed by atoms with van der Waals surface area (Å²) < 4.78 is 5.79. The number of hydrogen-bond acceptors (Lipinski definition) is 6. The third kappa shape index (κ3) is 2.83. The zero-order valence-electron chi connectivity index (χ0n) is 13.8. The molecule has 2 aromatic rings. The van der Waals surface area contributed by atoms with E-state index in [1.165, 1.54) is 30.3 Å². The molecular formula is C18H13ClN2O6. The van der Waals surface area contributed by atoms with Crippen LogP contribution in [0.4, 0.5) is 5.69 Å². The van der Waals surface area contributed by atoms with E-state index in [1.54, 1.807) is 18.2 Å². The highest BCUT2D eigenvalue weighted by molar-refractivity contribution is 6.37. The zero-order valence-corrected chi connectivity index (χ0v) is 14.6. The number of nitro benzene ring substituents is 1. The van der Waals surface area contributed by atoms with Gasteiger partial charge in [0.2, 0.25) is 6.10 Å². The van der Waals surface area contributed by atoms with E-state index in [-0.39, 0.29) is 16.9 Å². The third-order valence-electron chi connectivity index (χ3n) is 4.29. The molecule has 0 unspecified atom stereocenters. The van der Waals surface area contributed by atoms with Crippen LogP contribution in [0.25, 0.3) is 0 Å². The highest BCUT2D eigenvalue weighted by atomic mass is 35.5. The molecule has 2 atom stereocenters. The standard InChI is InChI=1S/C18H13ClN2O6/c1-2-6-11-7-5-9-13-15(11)27-17(18(19,16(13)22)21(25)26)12-8-3-4-10-14(12)20(23)24/h2-5,7-10,17H,1,6H2/t17-,18+/m0/s1. The molecule has 0 amide bonds. The molecule has 0 radical (unpaired) electrons. The quantitative estimate of drug-likeness (QED) is 0.253. The Morgan fingerprint density at radius 1 is 1.19 bits per heavy atom. The molecule has 1 heterocycles. The predicted octanol–water partition coefficient (Wildman–Crippen LogP) is 3.85. The zero-order chi connectivity index (χ0) is 19.8. The number of carbonyl (C=O) groups excluding carboxylic acids is 1. The van der Waals surface area contributed by atoms with Crippen molar-refractivity contribution in [3.8, 4) is 5.75 Å². The van der Waals surface area contributed by atoms with Crippen LogP contribution in [0.2, 0.25) is 0 Å². The molecule has 3 rings (SSSR count). The number of carbonyl (C=O) groups is 1. The van der Waals surface area contributed by atoms with Gasteiger partial charge >= 0.3 is 5.00 Å². The van der Waals surface area contributed by atoms with Crippen molar-refractivity contribution in [3.05, 3.63) is 92.0 Å². The number of hydrogen-bond donors (Lipinski definition) is 0. The van der Waals surface area contributed by atoms with Crippen molar-refractivity contribution in [3.63, 3.8) is 0 Å². The van der Waals surface area contributed by atoms with Gasteiger partial charge in [-0.2, -0.15) is 0 Å². The topological polar surface area (TPSA) is 113 Å². The Morgan fingerprint density at radius 3 is 2.52 bits per heavy atom. The van der Waals surface area contributed by atoms with Gasteiger partial charge in [0, 0.05) is 6.07 Å². The van der Waals surface area contributed by atoms with Crippen LogP contribution in [0.5, 0.6) is 5.75 Å². The number of Topliss-reactive ketones (excluding diaryl/α,β-unsaturated/α-hetero) is 1. The minimum absolute atomic E-state index is 0.0455. The lowest BCUT2D eigenvalue weighted by atomic mass is 9.88. The van der Waals surface area contributed by atoms with E-state index in [2.05, 4.69) is 6.58 Å². The molecule has 1 aliphatic heterocycles. The summed E-state index contributed by atoms with van der Waals surface area (Å²) in [5.41, 5.74) is -0.0502. The molecule has 9 heteroatoms. The van der Waals surface area contributed by atoms with E-state index in [0.29, 0.717) is 12.0 Å². The van der Waals surface area contributed by atoms with Gasteiger partial charge in [0.05, 0.1) is 21.0 Å². The van der Waals surface area contributed by atoms with Crippen molar-refractivity contribution in [1.29, 1.82) is 0 Å². The number of alkyl halides is 1. The number of ketones is 1. The summed E-state index contributed by atoms with van der Waals surface area (Å²) in [6, 6.07) is 9.94. The molecule has 0 aliphatic carbocycles. The Hall–Kier alpha value is -3.26. The van der Waals surface area contributed by atoms with Crippen molar-refractivity contribution in [2.24, 2.45) is 0 Å². The van der Waals surface area contributed by atoms with Crippen molar-refractivity contribution in [1.82, 2.24) is 0 Å². The monoisotopic (exact) mass is 388 g/mol. The van der Waals surface area contributed by atoms with Crippen molar-refractivity contribution in [2.75, 3.05) is 0 Å². The summed E-state index contributed by atoms with van der Waals surface area (Å²) in [7, 11) is 0.